The minimum absolute atomic E-state index is 0.0965. The van der Waals surface area contributed by atoms with Gasteiger partial charge in [-0.3, -0.25) is 0 Å². The zero-order chi connectivity index (χ0) is 11.5. The van der Waals surface area contributed by atoms with Crippen LogP contribution in [0.1, 0.15) is 27.7 Å². The quantitative estimate of drug-likeness (QED) is 0.829. The van der Waals surface area contributed by atoms with Crippen LogP contribution in [0.4, 0.5) is 5.82 Å². The van der Waals surface area contributed by atoms with Crippen molar-refractivity contribution in [2.45, 2.75) is 31.1 Å². The van der Waals surface area contributed by atoms with E-state index >= 15 is 0 Å². The third-order valence-corrected chi connectivity index (χ3v) is 4.91. The zero-order valence-corrected chi connectivity index (χ0v) is 12.3. The molecule has 0 unspecified atom stereocenters. The molecule has 4 nitrogen and oxygen atoms in total. The Hall–Kier alpha value is -0.651. The molecule has 1 rings (SSSR count). The molecule has 1 N–H and O–H groups in total. The molecular formula is C10H15N3OSn. The first kappa shape index (κ1) is 12.4. The Morgan fingerprint density at radius 3 is 2.67 bits per heavy atom. The van der Waals surface area contributed by atoms with E-state index in [-0.39, 0.29) is 5.91 Å². The van der Waals surface area contributed by atoms with Crippen LogP contribution in [-0.4, -0.2) is 37.0 Å². The summed E-state index contributed by atoms with van der Waals surface area (Å²) in [6, 6.07) is 1.72. The summed E-state index contributed by atoms with van der Waals surface area (Å²) < 4.78 is 1.25. The van der Waals surface area contributed by atoms with E-state index in [0.29, 0.717) is 9.25 Å². The Labute approximate surface area is 100 Å². The second-order valence-corrected chi connectivity index (χ2v) is 10.6. The summed E-state index contributed by atoms with van der Waals surface area (Å²) in [5.41, 5.74) is 0. The van der Waals surface area contributed by atoms with Crippen LogP contribution in [-0.2, 0) is 4.79 Å². The molecule has 0 aliphatic carbocycles. The van der Waals surface area contributed by atoms with Crippen molar-refractivity contribution < 1.29 is 4.79 Å². The average molecular weight is 312 g/mol. The van der Waals surface area contributed by atoms with Gasteiger partial charge in [0.25, 0.3) is 0 Å². The molecule has 15 heavy (non-hydrogen) atoms. The number of nitrogens with one attached hydrogen (secondary N) is 1. The Kier molecular flexibility index (Phi) is 4.07. The van der Waals surface area contributed by atoms with E-state index in [1.807, 2.05) is 0 Å². The van der Waals surface area contributed by atoms with Gasteiger partial charge in [-0.15, -0.1) is 0 Å². The summed E-state index contributed by atoms with van der Waals surface area (Å²) >= 11 is -0.792. The van der Waals surface area contributed by atoms with Gasteiger partial charge in [0.2, 0.25) is 0 Å². The Balaban J connectivity index is 2.79. The zero-order valence-electron chi connectivity index (χ0n) is 9.46. The van der Waals surface area contributed by atoms with E-state index in [9.17, 15) is 4.79 Å². The fourth-order valence-corrected chi connectivity index (χ4v) is 3.82. The van der Waals surface area contributed by atoms with Crippen LogP contribution in [0.5, 0.6) is 0 Å². The van der Waals surface area contributed by atoms with Crippen molar-refractivity contribution in [2.24, 2.45) is 0 Å². The van der Waals surface area contributed by atoms with Crippen LogP contribution < -0.4 is 9.16 Å². The summed E-state index contributed by atoms with van der Waals surface area (Å²) in [5, 5.41) is 2.67. The molecule has 0 aliphatic rings. The van der Waals surface area contributed by atoms with Gasteiger partial charge in [0.15, 0.2) is 0 Å². The van der Waals surface area contributed by atoms with Gasteiger partial charge < -0.3 is 0 Å². The van der Waals surface area contributed by atoms with Gasteiger partial charge in [-0.1, -0.05) is 0 Å². The topological polar surface area (TPSA) is 54.9 Å². The van der Waals surface area contributed by atoms with Crippen molar-refractivity contribution in [3.05, 3.63) is 12.3 Å². The number of hydrogen-bond donors (Lipinski definition) is 1. The molecule has 1 heterocycles. The Morgan fingerprint density at radius 2 is 2.13 bits per heavy atom. The second kappa shape index (κ2) is 4.92. The molecular weight excluding hydrogens is 297 g/mol. The van der Waals surface area contributed by atoms with Gasteiger partial charge in [0.05, 0.1) is 0 Å². The van der Waals surface area contributed by atoms with E-state index < -0.39 is 21.1 Å². The average Bonchev–Trinajstić information content (AvgIpc) is 1.99. The number of anilines is 1. The maximum absolute atomic E-state index is 10.9. The van der Waals surface area contributed by atoms with Crippen LogP contribution in [0.15, 0.2) is 12.3 Å². The predicted molar refractivity (Wildman–Crippen MR) is 61.4 cm³/mol. The number of aromatic nitrogens is 2. The molecule has 0 fully saturated rings. The molecule has 0 aliphatic heterocycles. The summed E-state index contributed by atoms with van der Waals surface area (Å²) in [6.45, 7) is 8.08. The first-order valence-electron chi connectivity index (χ1n) is 4.76. The fraction of sp³-hybridized carbons (Fsp3) is 0.500. The SMILES string of the molecule is CC(=O)Nc1ccn[c]([Sn][C](C)(C)C)n1. The van der Waals surface area contributed by atoms with Gasteiger partial charge in [-0.2, -0.15) is 0 Å². The van der Waals surface area contributed by atoms with Crippen molar-refractivity contribution in [1.82, 2.24) is 9.97 Å². The van der Waals surface area contributed by atoms with Crippen molar-refractivity contribution in [3.63, 3.8) is 0 Å². The van der Waals surface area contributed by atoms with Gasteiger partial charge >= 0.3 is 100 Å². The molecule has 0 saturated heterocycles. The molecule has 0 spiro atoms. The molecule has 2 radical (unpaired) electrons. The number of amides is 1. The summed E-state index contributed by atoms with van der Waals surface area (Å²) in [5.74, 6) is 0.512. The summed E-state index contributed by atoms with van der Waals surface area (Å²) in [7, 11) is 0. The Morgan fingerprint density at radius 1 is 1.47 bits per heavy atom. The van der Waals surface area contributed by atoms with Crippen molar-refractivity contribution in [1.29, 1.82) is 0 Å². The number of rotatable bonds is 2. The van der Waals surface area contributed by atoms with Gasteiger partial charge in [0.1, 0.15) is 0 Å². The normalized spacial score (nSPS) is 11.2. The molecule has 80 valence electrons. The third-order valence-electron chi connectivity index (χ3n) is 1.45. The first-order valence-corrected chi connectivity index (χ1v) is 7.61. The van der Waals surface area contributed by atoms with Crippen LogP contribution in [0.3, 0.4) is 0 Å². The summed E-state index contributed by atoms with van der Waals surface area (Å²) in [4.78, 5) is 19.4. The van der Waals surface area contributed by atoms with E-state index in [2.05, 4.69) is 36.1 Å². The number of nitrogens with zero attached hydrogens (tertiary/aromatic N) is 2. The van der Waals surface area contributed by atoms with Gasteiger partial charge in [-0.05, 0) is 0 Å². The molecule has 0 saturated carbocycles. The van der Waals surface area contributed by atoms with Crippen molar-refractivity contribution >= 4 is 36.7 Å². The van der Waals surface area contributed by atoms with E-state index in [4.69, 9.17) is 0 Å². The van der Waals surface area contributed by atoms with Crippen molar-refractivity contribution in [3.8, 4) is 0 Å². The van der Waals surface area contributed by atoms with E-state index in [1.165, 1.54) is 6.92 Å². The molecule has 5 heteroatoms. The molecule has 1 aromatic heterocycles. The third kappa shape index (κ3) is 5.11. The fourth-order valence-electron chi connectivity index (χ4n) is 1.00. The monoisotopic (exact) mass is 313 g/mol. The van der Waals surface area contributed by atoms with Crippen molar-refractivity contribution in [2.75, 3.05) is 5.32 Å². The first-order chi connectivity index (χ1) is 6.87. The number of hydrogen-bond acceptors (Lipinski definition) is 3. The number of carbonyl (C=O) groups is 1. The molecule has 1 aromatic rings. The summed E-state index contributed by atoms with van der Waals surface area (Å²) in [6.07, 6.45) is 1.71. The molecule has 0 aromatic carbocycles. The standard InChI is InChI=1S/C6H6N3O.C4H9.Sn/c1-5(10)9-6-2-3-7-4-8-6;1-4(2)3;/h2-3H,1H3,(H,7,8,9,10);1-3H3;. The maximum atomic E-state index is 10.9. The molecule has 0 bridgehead atoms. The molecule has 1 amide bonds. The van der Waals surface area contributed by atoms with Crippen LogP contribution in [0.2, 0.25) is 3.43 Å². The molecule has 0 atom stereocenters. The predicted octanol–water partition coefficient (Wildman–Crippen LogP) is 0.983. The van der Waals surface area contributed by atoms with Crippen LogP contribution in [0.25, 0.3) is 0 Å². The van der Waals surface area contributed by atoms with Gasteiger partial charge in [-0.25, -0.2) is 0 Å². The van der Waals surface area contributed by atoms with E-state index in [1.54, 1.807) is 12.3 Å². The number of carbonyl (C=O) groups excluding carboxylic acids is 1. The minimum atomic E-state index is -0.792. The van der Waals surface area contributed by atoms with E-state index in [0.717, 1.165) is 3.84 Å². The van der Waals surface area contributed by atoms with Gasteiger partial charge in [0, 0.05) is 0 Å². The van der Waals surface area contributed by atoms with Crippen LogP contribution in [0, 0.1) is 0 Å². The second-order valence-electron chi connectivity index (χ2n) is 4.32. The van der Waals surface area contributed by atoms with Crippen LogP contribution >= 0.6 is 0 Å². The Bertz CT molecular complexity index is 360.